The van der Waals surface area contributed by atoms with Crippen molar-refractivity contribution < 1.29 is 18.0 Å². The molecule has 1 aliphatic heterocycles. The lowest BCUT2D eigenvalue weighted by Crippen LogP contribution is -2.46. The smallest absolute Gasteiger partial charge is 0.347 e. The number of hydrogen-bond donors (Lipinski definition) is 1. The molecule has 0 radical (unpaired) electrons. The lowest BCUT2D eigenvalue weighted by atomic mass is 10.00. The minimum Gasteiger partial charge on any atom is -0.347 e. The number of halogens is 3. The molecule has 0 spiro atoms. The fourth-order valence-electron chi connectivity index (χ4n) is 4.02. The predicted octanol–water partition coefficient (Wildman–Crippen LogP) is 3.41. The second-order valence-electron chi connectivity index (χ2n) is 8.31. The van der Waals surface area contributed by atoms with Crippen LogP contribution < -0.4 is 10.7 Å². The van der Waals surface area contributed by atoms with Crippen molar-refractivity contribution in [3.8, 4) is 5.69 Å². The lowest BCUT2D eigenvalue weighted by molar-refractivity contribution is -0.137. The molecule has 31 heavy (non-hydrogen) atoms. The van der Waals surface area contributed by atoms with E-state index in [0.29, 0.717) is 12.5 Å². The second-order valence-corrected chi connectivity index (χ2v) is 8.31. The van der Waals surface area contributed by atoms with Crippen LogP contribution in [0.2, 0.25) is 0 Å². The van der Waals surface area contributed by atoms with Crippen molar-refractivity contribution in [1.82, 2.24) is 20.0 Å². The zero-order valence-corrected chi connectivity index (χ0v) is 17.9. The van der Waals surface area contributed by atoms with E-state index >= 15 is 0 Å². The van der Waals surface area contributed by atoms with Crippen molar-refractivity contribution in [2.45, 2.75) is 45.8 Å². The molecule has 1 aliphatic rings. The third-order valence-corrected chi connectivity index (χ3v) is 5.41. The molecule has 1 amide bonds. The predicted molar refractivity (Wildman–Crippen MR) is 111 cm³/mol. The molecule has 1 fully saturated rings. The zero-order valence-electron chi connectivity index (χ0n) is 17.9. The molecule has 9 heteroatoms. The first-order chi connectivity index (χ1) is 14.6. The number of carbonyl (C=O) groups is 1. The maximum Gasteiger partial charge on any atom is 0.418 e. The molecule has 2 heterocycles. The van der Waals surface area contributed by atoms with Gasteiger partial charge in [0, 0.05) is 30.9 Å². The molecule has 0 saturated carbocycles. The van der Waals surface area contributed by atoms with E-state index in [4.69, 9.17) is 0 Å². The van der Waals surface area contributed by atoms with Crippen LogP contribution in [0.1, 0.15) is 48.4 Å². The van der Waals surface area contributed by atoms with Crippen LogP contribution in [0.15, 0.2) is 35.1 Å². The molecule has 6 nitrogen and oxygen atoms in total. The fourth-order valence-corrected chi connectivity index (χ4v) is 4.02. The highest BCUT2D eigenvalue weighted by Gasteiger charge is 2.34. The Bertz CT molecular complexity index is 1000. The number of aryl methyl sites for hydroxylation is 1. The number of rotatable bonds is 5. The van der Waals surface area contributed by atoms with Crippen LogP contribution in [-0.2, 0) is 6.18 Å². The summed E-state index contributed by atoms with van der Waals surface area (Å²) in [6, 6.07) is 5.82. The summed E-state index contributed by atoms with van der Waals surface area (Å²) in [4.78, 5) is 27.4. The van der Waals surface area contributed by atoms with Gasteiger partial charge in [-0.05, 0) is 51.3 Å². The van der Waals surface area contributed by atoms with Crippen molar-refractivity contribution in [1.29, 1.82) is 0 Å². The number of para-hydroxylation sites is 1. The van der Waals surface area contributed by atoms with Gasteiger partial charge in [0.25, 0.3) is 5.91 Å². The number of carbonyl (C=O) groups excluding carboxylic acids is 1. The van der Waals surface area contributed by atoms with Gasteiger partial charge in [-0.15, -0.1) is 0 Å². The van der Waals surface area contributed by atoms with Gasteiger partial charge in [0.15, 0.2) is 5.69 Å². The van der Waals surface area contributed by atoms with Crippen molar-refractivity contribution in [3.05, 3.63) is 57.5 Å². The summed E-state index contributed by atoms with van der Waals surface area (Å²) < 4.78 is 41.3. The third kappa shape index (κ3) is 5.52. The van der Waals surface area contributed by atoms with Crippen molar-refractivity contribution in [3.63, 3.8) is 0 Å². The average molecular weight is 436 g/mol. The molecule has 168 valence electrons. The Morgan fingerprint density at radius 3 is 2.71 bits per heavy atom. The van der Waals surface area contributed by atoms with Gasteiger partial charge in [0.05, 0.1) is 11.3 Å². The summed E-state index contributed by atoms with van der Waals surface area (Å²) in [6.45, 7) is 8.03. The van der Waals surface area contributed by atoms with Crippen molar-refractivity contribution >= 4 is 5.91 Å². The molecule has 2 atom stereocenters. The van der Waals surface area contributed by atoms with Crippen molar-refractivity contribution in [2.75, 3.05) is 19.6 Å². The summed E-state index contributed by atoms with van der Waals surface area (Å²) in [5.41, 5.74) is -1.99. The Morgan fingerprint density at radius 2 is 2.03 bits per heavy atom. The maximum atomic E-state index is 13.4. The molecular formula is C22H27F3N4O2. The highest BCUT2D eigenvalue weighted by atomic mass is 19.4. The van der Waals surface area contributed by atoms with Crippen LogP contribution in [0.4, 0.5) is 13.2 Å². The molecule has 1 saturated heterocycles. The normalized spacial score (nSPS) is 18.6. The summed E-state index contributed by atoms with van der Waals surface area (Å²) in [5, 5.41) is 6.77. The van der Waals surface area contributed by atoms with Crippen LogP contribution in [0.3, 0.4) is 0 Å². The number of amides is 1. The number of nitrogens with zero attached hydrogens (tertiary/aromatic N) is 3. The van der Waals surface area contributed by atoms with E-state index in [0.717, 1.165) is 36.3 Å². The number of alkyl halides is 3. The van der Waals surface area contributed by atoms with Crippen molar-refractivity contribution in [2.24, 2.45) is 5.92 Å². The Labute approximate surface area is 179 Å². The first-order valence-corrected chi connectivity index (χ1v) is 10.4. The number of aromatic nitrogens is 2. The molecule has 1 aromatic carbocycles. The van der Waals surface area contributed by atoms with Gasteiger partial charge >= 0.3 is 6.18 Å². The summed E-state index contributed by atoms with van der Waals surface area (Å²) in [5.74, 6) is -0.0999. The number of nitrogens with one attached hydrogen (secondary N) is 1. The van der Waals surface area contributed by atoms with E-state index in [1.54, 1.807) is 0 Å². The van der Waals surface area contributed by atoms with Crippen LogP contribution >= 0.6 is 0 Å². The van der Waals surface area contributed by atoms with E-state index in [9.17, 15) is 22.8 Å². The molecule has 1 aromatic heterocycles. The van der Waals surface area contributed by atoms with Crippen LogP contribution in [0.25, 0.3) is 5.69 Å². The summed E-state index contributed by atoms with van der Waals surface area (Å²) >= 11 is 0. The molecular weight excluding hydrogens is 409 g/mol. The van der Waals surface area contributed by atoms with Crippen LogP contribution in [0, 0.1) is 12.8 Å². The topological polar surface area (TPSA) is 67.2 Å². The first-order valence-electron chi connectivity index (χ1n) is 10.4. The SMILES string of the molecule is Cc1cc(=O)c(C(=O)N[C@H](C)CN2CCC[C@H](C)C2)nn1-c1ccccc1C(F)(F)F. The number of hydrogen-bond acceptors (Lipinski definition) is 4. The average Bonchev–Trinajstić information content (AvgIpc) is 2.67. The van der Waals surface area contributed by atoms with E-state index in [1.807, 2.05) is 6.92 Å². The van der Waals surface area contributed by atoms with Gasteiger partial charge in [-0.1, -0.05) is 19.1 Å². The van der Waals surface area contributed by atoms with Crippen LogP contribution in [0.5, 0.6) is 0 Å². The monoisotopic (exact) mass is 436 g/mol. The maximum absolute atomic E-state index is 13.4. The van der Waals surface area contributed by atoms with Gasteiger partial charge in [0.2, 0.25) is 5.43 Å². The Balaban J connectivity index is 1.85. The molecule has 3 rings (SSSR count). The summed E-state index contributed by atoms with van der Waals surface area (Å²) in [6.07, 6.45) is -2.31. The van der Waals surface area contributed by atoms with Crippen LogP contribution in [-0.4, -0.2) is 46.3 Å². The van der Waals surface area contributed by atoms with E-state index in [2.05, 4.69) is 22.2 Å². The Kier molecular flexibility index (Phi) is 6.83. The minimum atomic E-state index is -4.60. The first kappa shape index (κ1) is 23.0. The van der Waals surface area contributed by atoms with Gasteiger partial charge in [-0.25, -0.2) is 4.68 Å². The largest absolute Gasteiger partial charge is 0.418 e. The highest BCUT2D eigenvalue weighted by molar-refractivity contribution is 5.92. The lowest BCUT2D eigenvalue weighted by Gasteiger charge is -2.32. The van der Waals surface area contributed by atoms with E-state index in [1.165, 1.54) is 31.5 Å². The Hall–Kier alpha value is -2.68. The fraction of sp³-hybridized carbons (Fsp3) is 0.500. The third-order valence-electron chi connectivity index (χ3n) is 5.41. The zero-order chi connectivity index (χ0) is 22.8. The number of piperidine rings is 1. The number of benzene rings is 1. The van der Waals surface area contributed by atoms with Gasteiger partial charge in [-0.2, -0.15) is 18.3 Å². The number of likely N-dealkylation sites (tertiary alicyclic amines) is 1. The highest BCUT2D eigenvalue weighted by Crippen LogP contribution is 2.33. The summed E-state index contributed by atoms with van der Waals surface area (Å²) in [7, 11) is 0. The Morgan fingerprint density at radius 1 is 1.32 bits per heavy atom. The van der Waals surface area contributed by atoms with Gasteiger partial charge in [-0.3, -0.25) is 9.59 Å². The molecule has 0 unspecified atom stereocenters. The van der Waals surface area contributed by atoms with Gasteiger partial charge in [0.1, 0.15) is 0 Å². The molecule has 2 aromatic rings. The quantitative estimate of drug-likeness (QED) is 0.780. The minimum absolute atomic E-state index is 0.202. The second kappa shape index (κ2) is 9.21. The molecule has 0 aliphatic carbocycles. The van der Waals surface area contributed by atoms with Gasteiger partial charge < -0.3 is 10.2 Å². The molecule has 0 bridgehead atoms. The standard InChI is InChI=1S/C22H27F3N4O2/c1-14-7-6-10-28(12-14)13-15(2)26-21(31)20-19(30)11-16(3)29(27-20)18-9-5-4-8-17(18)22(23,24)25/h4-5,8-9,11,14-15H,6-7,10,12-13H2,1-3H3,(H,26,31)/t14-,15+/m0/s1. The molecule has 1 N–H and O–H groups in total. The van der Waals surface area contributed by atoms with E-state index < -0.39 is 28.8 Å². The van der Waals surface area contributed by atoms with E-state index in [-0.39, 0.29) is 17.4 Å².